The van der Waals surface area contributed by atoms with Crippen LogP contribution in [0.3, 0.4) is 0 Å². The average Bonchev–Trinajstić information content (AvgIpc) is 3.37. The van der Waals surface area contributed by atoms with E-state index in [1.807, 2.05) is 48.6 Å². The van der Waals surface area contributed by atoms with Crippen molar-refractivity contribution in [2.75, 3.05) is 0 Å². The zero-order chi connectivity index (χ0) is 18.7. The number of carbonyl (C=O) groups is 3. The second-order valence-corrected chi connectivity index (χ2v) is 8.17. The maximum atomic E-state index is 13.9. The third-order valence-corrected chi connectivity index (χ3v) is 7.03. The van der Waals surface area contributed by atoms with E-state index in [9.17, 15) is 14.4 Å². The molecule has 28 heavy (non-hydrogen) atoms. The fourth-order valence-corrected chi connectivity index (χ4v) is 5.93. The van der Waals surface area contributed by atoms with Crippen LogP contribution in [0.25, 0.3) is 10.8 Å². The van der Waals surface area contributed by atoms with Gasteiger partial charge < -0.3 is 0 Å². The lowest BCUT2D eigenvalue weighted by Gasteiger charge is -2.39. The van der Waals surface area contributed by atoms with E-state index in [4.69, 9.17) is 0 Å². The summed E-state index contributed by atoms with van der Waals surface area (Å²) < 4.78 is 0. The highest BCUT2D eigenvalue weighted by Gasteiger charge is 2.49. The Morgan fingerprint density at radius 2 is 1.18 bits per heavy atom. The molecule has 0 radical (unpaired) electrons. The van der Waals surface area contributed by atoms with Crippen LogP contribution in [0.4, 0.5) is 0 Å². The third-order valence-electron chi connectivity index (χ3n) is 7.03. The van der Waals surface area contributed by atoms with Gasteiger partial charge in [0.1, 0.15) is 0 Å². The van der Waals surface area contributed by atoms with E-state index in [-0.39, 0.29) is 29.2 Å². The molecule has 2 aromatic carbocycles. The van der Waals surface area contributed by atoms with Crippen LogP contribution < -0.4 is 0 Å². The molecule has 0 fully saturated rings. The Morgan fingerprint density at radius 3 is 1.68 bits per heavy atom. The Balaban J connectivity index is 1.68. The van der Waals surface area contributed by atoms with Crippen molar-refractivity contribution in [1.82, 2.24) is 0 Å². The maximum Gasteiger partial charge on any atom is 0.193 e. The van der Waals surface area contributed by atoms with Gasteiger partial charge in [-0.15, -0.1) is 0 Å². The van der Waals surface area contributed by atoms with E-state index in [2.05, 4.69) is 0 Å². The standard InChI is InChI=1S/C25H14O3/c26-23-14-5-1-3-12(14)21-19-16(23)9-7-11-8-10-17-20(18(11)19)22(25(21)28)13-4-2-6-15(13)24(17)27/h1-2,5-10,21-22H,3-4H2. The molecule has 2 aromatic rings. The minimum absolute atomic E-state index is 0.00493. The monoisotopic (exact) mass is 362 g/mol. The SMILES string of the molecule is O=C1C2=C(CC=C2)C2C(=O)C3C4=C(C=CC4)C(=O)c4ccc5ccc1c2c5c43. The summed E-state index contributed by atoms with van der Waals surface area (Å²) in [6.45, 7) is 0. The first-order valence-corrected chi connectivity index (χ1v) is 9.68. The van der Waals surface area contributed by atoms with Crippen molar-refractivity contribution in [2.24, 2.45) is 0 Å². The summed E-state index contributed by atoms with van der Waals surface area (Å²) in [5.41, 5.74) is 6.19. The molecular weight excluding hydrogens is 348 g/mol. The number of hydrogen-bond donors (Lipinski definition) is 0. The molecule has 5 aliphatic carbocycles. The van der Waals surface area contributed by atoms with Crippen molar-refractivity contribution in [1.29, 1.82) is 0 Å². The second kappa shape index (κ2) is 4.56. The van der Waals surface area contributed by atoms with Crippen molar-refractivity contribution in [3.8, 4) is 0 Å². The van der Waals surface area contributed by atoms with Gasteiger partial charge in [0.15, 0.2) is 17.3 Å². The summed E-state index contributed by atoms with van der Waals surface area (Å²) in [6.07, 6.45) is 9.01. The number of ketones is 3. The van der Waals surface area contributed by atoms with E-state index < -0.39 is 0 Å². The molecule has 0 saturated heterocycles. The molecule has 0 spiro atoms. The van der Waals surface area contributed by atoms with Crippen molar-refractivity contribution in [2.45, 2.75) is 24.7 Å². The van der Waals surface area contributed by atoms with Crippen LogP contribution in [0.2, 0.25) is 0 Å². The van der Waals surface area contributed by atoms with Gasteiger partial charge in [-0.25, -0.2) is 0 Å². The van der Waals surface area contributed by atoms with Gasteiger partial charge >= 0.3 is 0 Å². The fourth-order valence-electron chi connectivity index (χ4n) is 5.93. The first-order chi connectivity index (χ1) is 13.7. The number of carbonyl (C=O) groups excluding carboxylic acids is 3. The first kappa shape index (κ1) is 14.7. The van der Waals surface area contributed by atoms with Crippen LogP contribution in [0.15, 0.2) is 70.9 Å². The van der Waals surface area contributed by atoms with Gasteiger partial charge in [-0.2, -0.15) is 0 Å². The summed E-state index contributed by atoms with van der Waals surface area (Å²) in [5, 5.41) is 1.97. The number of Topliss-reactive ketones (excluding diaryl/α,β-unsaturated/α-hetero) is 3. The van der Waals surface area contributed by atoms with Gasteiger partial charge in [0, 0.05) is 22.3 Å². The normalized spacial score (nSPS) is 25.9. The topological polar surface area (TPSA) is 51.2 Å². The van der Waals surface area contributed by atoms with Crippen molar-refractivity contribution < 1.29 is 14.4 Å². The summed E-state index contributed by atoms with van der Waals surface area (Å²) in [7, 11) is 0. The number of rotatable bonds is 0. The number of benzene rings is 2. The van der Waals surface area contributed by atoms with Gasteiger partial charge in [0.25, 0.3) is 0 Å². The Morgan fingerprint density at radius 1 is 0.679 bits per heavy atom. The van der Waals surface area contributed by atoms with Crippen LogP contribution in [-0.2, 0) is 4.79 Å². The molecule has 132 valence electrons. The molecule has 5 aliphatic rings. The van der Waals surface area contributed by atoms with Gasteiger partial charge in [-0.3, -0.25) is 14.4 Å². The summed E-state index contributed by atoms with van der Waals surface area (Å²) >= 11 is 0. The first-order valence-electron chi connectivity index (χ1n) is 9.68. The Kier molecular flexibility index (Phi) is 2.39. The van der Waals surface area contributed by atoms with Gasteiger partial charge in [0.05, 0.1) is 11.8 Å². The van der Waals surface area contributed by atoms with Crippen molar-refractivity contribution in [3.63, 3.8) is 0 Å². The Labute approximate surface area is 160 Å². The van der Waals surface area contributed by atoms with Gasteiger partial charge in [0.2, 0.25) is 0 Å². The molecule has 0 saturated carbocycles. The largest absolute Gasteiger partial charge is 0.298 e. The van der Waals surface area contributed by atoms with E-state index in [0.29, 0.717) is 35.1 Å². The predicted octanol–water partition coefficient (Wildman–Crippen LogP) is 4.50. The van der Waals surface area contributed by atoms with Crippen LogP contribution >= 0.6 is 0 Å². The summed E-state index contributed by atoms with van der Waals surface area (Å²) in [6, 6.07) is 7.63. The molecule has 0 heterocycles. The number of fused-ring (bicyclic) bond motifs is 2. The highest BCUT2D eigenvalue weighted by molar-refractivity contribution is 6.25. The van der Waals surface area contributed by atoms with E-state index in [1.54, 1.807) is 0 Å². The lowest BCUT2D eigenvalue weighted by atomic mass is 9.61. The van der Waals surface area contributed by atoms with E-state index in [1.165, 1.54) is 0 Å². The minimum atomic E-state index is -0.378. The lowest BCUT2D eigenvalue weighted by Crippen LogP contribution is -2.35. The number of allylic oxidation sites excluding steroid dienone is 8. The zero-order valence-corrected chi connectivity index (χ0v) is 14.9. The molecule has 0 amide bonds. The summed E-state index contributed by atoms with van der Waals surface area (Å²) in [5.74, 6) is -0.620. The van der Waals surface area contributed by atoms with E-state index >= 15 is 0 Å². The van der Waals surface area contributed by atoms with Crippen molar-refractivity contribution in [3.05, 3.63) is 93.1 Å². The highest BCUT2D eigenvalue weighted by atomic mass is 16.1. The van der Waals surface area contributed by atoms with Crippen LogP contribution in [0.5, 0.6) is 0 Å². The molecule has 0 N–H and O–H groups in total. The smallest absolute Gasteiger partial charge is 0.193 e. The molecule has 2 atom stereocenters. The zero-order valence-electron chi connectivity index (χ0n) is 14.9. The molecule has 0 aromatic heterocycles. The second-order valence-electron chi connectivity index (χ2n) is 8.17. The molecule has 3 heteroatoms. The quantitative estimate of drug-likeness (QED) is 0.694. The maximum absolute atomic E-state index is 13.9. The Bertz CT molecular complexity index is 1260. The highest BCUT2D eigenvalue weighted by Crippen LogP contribution is 2.56. The average molecular weight is 362 g/mol. The van der Waals surface area contributed by atoms with Crippen LogP contribution in [0.1, 0.15) is 56.5 Å². The number of hydrogen-bond acceptors (Lipinski definition) is 3. The Hall–Kier alpha value is -3.33. The summed E-state index contributed by atoms with van der Waals surface area (Å²) in [4.78, 5) is 40.2. The molecule has 0 aliphatic heterocycles. The van der Waals surface area contributed by atoms with E-state index in [0.717, 1.165) is 33.0 Å². The molecule has 0 bridgehead atoms. The molecule has 2 unspecified atom stereocenters. The van der Waals surface area contributed by atoms with Crippen molar-refractivity contribution >= 4 is 28.1 Å². The predicted molar refractivity (Wildman–Crippen MR) is 105 cm³/mol. The van der Waals surface area contributed by atoms with Gasteiger partial charge in [-0.1, -0.05) is 48.6 Å². The third kappa shape index (κ3) is 1.42. The minimum Gasteiger partial charge on any atom is -0.298 e. The fraction of sp³-hybridized carbons (Fsp3) is 0.160. The van der Waals surface area contributed by atoms with Crippen LogP contribution in [-0.4, -0.2) is 17.3 Å². The molecule has 3 nitrogen and oxygen atoms in total. The molecular formula is C25H14O3. The lowest BCUT2D eigenvalue weighted by molar-refractivity contribution is -0.120. The molecule has 7 rings (SSSR count). The van der Waals surface area contributed by atoms with Crippen LogP contribution in [0, 0.1) is 0 Å². The van der Waals surface area contributed by atoms with Gasteiger partial charge in [-0.05, 0) is 45.9 Å².